The third-order valence-corrected chi connectivity index (χ3v) is 2.97. The molecule has 0 aliphatic rings. The smallest absolute Gasteiger partial charge is 0.251 e. The van der Waals surface area contributed by atoms with E-state index in [1.165, 1.54) is 0 Å². The van der Waals surface area contributed by atoms with Crippen LogP contribution in [0.2, 0.25) is 0 Å². The Bertz CT molecular complexity index is 748. The Labute approximate surface area is 128 Å². The molecule has 5 nitrogen and oxygen atoms in total. The van der Waals surface area contributed by atoms with Gasteiger partial charge in [-0.3, -0.25) is 9.59 Å². The molecule has 2 aromatic carbocycles. The maximum absolute atomic E-state index is 11.9. The lowest BCUT2D eigenvalue weighted by Gasteiger charge is -2.07. The average Bonchev–Trinajstić information content (AvgIpc) is 2.52. The first-order valence-electron chi connectivity index (χ1n) is 6.73. The average molecular weight is 293 g/mol. The number of rotatable bonds is 4. The SMILES string of the molecule is Cc1cccc(C(=O)NCC(=O)Nc2cccc(C#N)c2)c1. The Hall–Kier alpha value is -3.13. The predicted molar refractivity (Wildman–Crippen MR) is 83.3 cm³/mol. The lowest BCUT2D eigenvalue weighted by atomic mass is 10.1. The summed E-state index contributed by atoms with van der Waals surface area (Å²) in [5, 5.41) is 14.0. The first-order chi connectivity index (χ1) is 10.6. The molecule has 5 heteroatoms. The summed E-state index contributed by atoms with van der Waals surface area (Å²) in [4.78, 5) is 23.7. The third-order valence-electron chi connectivity index (χ3n) is 2.97. The second-order valence-corrected chi connectivity index (χ2v) is 4.79. The van der Waals surface area contributed by atoms with Crippen LogP contribution in [-0.4, -0.2) is 18.4 Å². The molecule has 0 spiro atoms. The topological polar surface area (TPSA) is 82.0 Å². The molecule has 0 heterocycles. The highest BCUT2D eigenvalue weighted by atomic mass is 16.2. The van der Waals surface area contributed by atoms with Crippen molar-refractivity contribution in [2.75, 3.05) is 11.9 Å². The highest BCUT2D eigenvalue weighted by molar-refractivity contribution is 5.99. The van der Waals surface area contributed by atoms with Gasteiger partial charge in [0.2, 0.25) is 5.91 Å². The molecule has 0 aromatic heterocycles. The van der Waals surface area contributed by atoms with Gasteiger partial charge in [-0.15, -0.1) is 0 Å². The first kappa shape index (κ1) is 15.3. The molecule has 0 saturated heterocycles. The molecule has 2 amide bonds. The van der Waals surface area contributed by atoms with Crippen LogP contribution in [0.5, 0.6) is 0 Å². The minimum Gasteiger partial charge on any atom is -0.343 e. The fourth-order valence-electron chi connectivity index (χ4n) is 1.92. The number of benzene rings is 2. The Morgan fingerprint density at radius 3 is 2.64 bits per heavy atom. The van der Waals surface area contributed by atoms with Gasteiger partial charge in [0.1, 0.15) is 0 Å². The van der Waals surface area contributed by atoms with Crippen LogP contribution in [0, 0.1) is 18.3 Å². The summed E-state index contributed by atoms with van der Waals surface area (Å²) < 4.78 is 0. The quantitative estimate of drug-likeness (QED) is 0.907. The molecule has 2 N–H and O–H groups in total. The van der Waals surface area contributed by atoms with Crippen LogP contribution in [-0.2, 0) is 4.79 Å². The van der Waals surface area contributed by atoms with Crippen molar-refractivity contribution >= 4 is 17.5 Å². The van der Waals surface area contributed by atoms with E-state index < -0.39 is 0 Å². The van der Waals surface area contributed by atoms with Gasteiger partial charge in [0.15, 0.2) is 0 Å². The fraction of sp³-hybridized carbons (Fsp3) is 0.118. The van der Waals surface area contributed by atoms with Gasteiger partial charge >= 0.3 is 0 Å². The zero-order chi connectivity index (χ0) is 15.9. The molecule has 0 aliphatic heterocycles. The molecule has 110 valence electrons. The van der Waals surface area contributed by atoms with Gasteiger partial charge in [-0.05, 0) is 37.3 Å². The largest absolute Gasteiger partial charge is 0.343 e. The summed E-state index contributed by atoms with van der Waals surface area (Å²) >= 11 is 0. The Balaban J connectivity index is 1.90. The molecule has 2 aromatic rings. The summed E-state index contributed by atoms with van der Waals surface area (Å²) in [5.74, 6) is -0.652. The van der Waals surface area contributed by atoms with Crippen LogP contribution in [0.4, 0.5) is 5.69 Å². The van der Waals surface area contributed by atoms with Crippen molar-refractivity contribution in [1.82, 2.24) is 5.32 Å². The van der Waals surface area contributed by atoms with E-state index in [0.717, 1.165) is 5.56 Å². The molecule has 2 rings (SSSR count). The maximum atomic E-state index is 11.9. The zero-order valence-electron chi connectivity index (χ0n) is 12.1. The maximum Gasteiger partial charge on any atom is 0.251 e. The second-order valence-electron chi connectivity index (χ2n) is 4.79. The molecule has 0 saturated carbocycles. The van der Waals surface area contributed by atoms with Gasteiger partial charge in [-0.1, -0.05) is 23.8 Å². The van der Waals surface area contributed by atoms with Crippen molar-refractivity contribution in [2.45, 2.75) is 6.92 Å². The van der Waals surface area contributed by atoms with E-state index in [2.05, 4.69) is 10.6 Å². The molecule has 0 radical (unpaired) electrons. The Morgan fingerprint density at radius 1 is 1.14 bits per heavy atom. The summed E-state index contributed by atoms with van der Waals surface area (Å²) in [5.41, 5.74) is 2.47. The number of anilines is 1. The van der Waals surface area contributed by atoms with Crippen LogP contribution < -0.4 is 10.6 Å². The van der Waals surface area contributed by atoms with Gasteiger partial charge < -0.3 is 10.6 Å². The van der Waals surface area contributed by atoms with Gasteiger partial charge in [-0.25, -0.2) is 0 Å². The lowest BCUT2D eigenvalue weighted by Crippen LogP contribution is -2.32. The highest BCUT2D eigenvalue weighted by Gasteiger charge is 2.08. The van der Waals surface area contributed by atoms with Crippen LogP contribution in [0.1, 0.15) is 21.5 Å². The van der Waals surface area contributed by atoms with E-state index in [9.17, 15) is 9.59 Å². The molecule has 0 fully saturated rings. The van der Waals surface area contributed by atoms with Crippen molar-refractivity contribution in [3.8, 4) is 6.07 Å². The van der Waals surface area contributed by atoms with Crippen molar-refractivity contribution in [1.29, 1.82) is 5.26 Å². The number of nitrogens with zero attached hydrogens (tertiary/aromatic N) is 1. The molecular formula is C17H15N3O2. The molecule has 22 heavy (non-hydrogen) atoms. The number of hydrogen-bond acceptors (Lipinski definition) is 3. The molecule has 0 bridgehead atoms. The summed E-state index contributed by atoms with van der Waals surface area (Å²) in [6.45, 7) is 1.76. The van der Waals surface area contributed by atoms with E-state index in [1.807, 2.05) is 19.1 Å². The number of nitriles is 1. The van der Waals surface area contributed by atoms with Gasteiger partial charge in [-0.2, -0.15) is 5.26 Å². The van der Waals surface area contributed by atoms with E-state index >= 15 is 0 Å². The monoisotopic (exact) mass is 293 g/mol. The molecular weight excluding hydrogens is 278 g/mol. The van der Waals surface area contributed by atoms with Crippen molar-refractivity contribution in [3.05, 3.63) is 65.2 Å². The molecule has 0 aliphatic carbocycles. The van der Waals surface area contributed by atoms with Crippen LogP contribution in [0.15, 0.2) is 48.5 Å². The number of carbonyl (C=O) groups is 2. The summed E-state index contributed by atoms with van der Waals surface area (Å²) in [6, 6.07) is 15.7. The number of nitrogens with one attached hydrogen (secondary N) is 2. The zero-order valence-corrected chi connectivity index (χ0v) is 12.1. The van der Waals surface area contributed by atoms with Gasteiger partial charge in [0, 0.05) is 11.3 Å². The summed E-state index contributed by atoms with van der Waals surface area (Å²) in [7, 11) is 0. The van der Waals surface area contributed by atoms with Crippen LogP contribution >= 0.6 is 0 Å². The van der Waals surface area contributed by atoms with Crippen molar-refractivity contribution in [3.63, 3.8) is 0 Å². The second kappa shape index (κ2) is 7.04. The first-order valence-corrected chi connectivity index (χ1v) is 6.73. The summed E-state index contributed by atoms with van der Waals surface area (Å²) in [6.07, 6.45) is 0. The standard InChI is InChI=1S/C17H15N3O2/c1-12-4-2-6-14(8-12)17(22)19-11-16(21)20-15-7-3-5-13(9-15)10-18/h2-9H,11H2,1H3,(H,19,22)(H,20,21). The normalized spacial score (nSPS) is 9.64. The third kappa shape index (κ3) is 4.18. The predicted octanol–water partition coefficient (Wildman–Crippen LogP) is 2.24. The minimum atomic E-state index is -0.351. The fourth-order valence-corrected chi connectivity index (χ4v) is 1.92. The van der Waals surface area contributed by atoms with Crippen molar-refractivity contribution < 1.29 is 9.59 Å². The highest BCUT2D eigenvalue weighted by Crippen LogP contribution is 2.09. The number of carbonyl (C=O) groups excluding carboxylic acids is 2. The Kier molecular flexibility index (Phi) is 4.89. The van der Waals surface area contributed by atoms with Gasteiger partial charge in [0.25, 0.3) is 5.91 Å². The minimum absolute atomic E-state index is 0.135. The van der Waals surface area contributed by atoms with E-state index in [1.54, 1.807) is 42.5 Å². The number of hydrogen-bond donors (Lipinski definition) is 2. The lowest BCUT2D eigenvalue weighted by molar-refractivity contribution is -0.115. The van der Waals surface area contributed by atoms with Crippen molar-refractivity contribution in [2.24, 2.45) is 0 Å². The molecule has 0 unspecified atom stereocenters. The number of amides is 2. The van der Waals surface area contributed by atoms with Gasteiger partial charge in [0.05, 0.1) is 18.2 Å². The van der Waals surface area contributed by atoms with E-state index in [-0.39, 0.29) is 18.4 Å². The van der Waals surface area contributed by atoms with Crippen LogP contribution in [0.25, 0.3) is 0 Å². The Morgan fingerprint density at radius 2 is 1.91 bits per heavy atom. The van der Waals surface area contributed by atoms with E-state index in [4.69, 9.17) is 5.26 Å². The van der Waals surface area contributed by atoms with Crippen LogP contribution in [0.3, 0.4) is 0 Å². The number of aryl methyl sites for hydroxylation is 1. The van der Waals surface area contributed by atoms with E-state index in [0.29, 0.717) is 16.8 Å². The molecule has 0 atom stereocenters.